The van der Waals surface area contributed by atoms with Gasteiger partial charge in [0.25, 0.3) is 0 Å². The molecular weight excluding hydrogens is 300 g/mol. The molecule has 0 amide bonds. The summed E-state index contributed by atoms with van der Waals surface area (Å²) in [6, 6.07) is 15.7. The van der Waals surface area contributed by atoms with Gasteiger partial charge in [0.1, 0.15) is 17.4 Å². The van der Waals surface area contributed by atoms with E-state index in [1.165, 1.54) is 0 Å². The van der Waals surface area contributed by atoms with Crippen molar-refractivity contribution >= 4 is 11.6 Å². The van der Waals surface area contributed by atoms with Crippen molar-refractivity contribution in [2.24, 2.45) is 5.92 Å². The minimum Gasteiger partial charge on any atom is -0.467 e. The van der Waals surface area contributed by atoms with Crippen LogP contribution in [0.4, 0.5) is 11.6 Å². The number of hydrogen-bond donors (Lipinski definition) is 2. The van der Waals surface area contributed by atoms with Gasteiger partial charge in [-0.25, -0.2) is 9.97 Å². The molecule has 2 aromatic heterocycles. The first-order valence-corrected chi connectivity index (χ1v) is 8.15. The molecular formula is C19H22N4O. The highest BCUT2D eigenvalue weighted by molar-refractivity contribution is 5.61. The summed E-state index contributed by atoms with van der Waals surface area (Å²) < 4.78 is 5.36. The zero-order valence-electron chi connectivity index (χ0n) is 14.0. The summed E-state index contributed by atoms with van der Waals surface area (Å²) >= 11 is 0. The Morgan fingerprint density at radius 1 is 0.958 bits per heavy atom. The minimum atomic E-state index is 0.541. The molecule has 0 aliphatic heterocycles. The van der Waals surface area contributed by atoms with Gasteiger partial charge in [0.15, 0.2) is 5.82 Å². The monoisotopic (exact) mass is 322 g/mol. The van der Waals surface area contributed by atoms with Crippen LogP contribution in [0.3, 0.4) is 0 Å². The van der Waals surface area contributed by atoms with Crippen LogP contribution in [0.15, 0.2) is 59.2 Å². The van der Waals surface area contributed by atoms with E-state index in [0.29, 0.717) is 18.3 Å². The number of aromatic nitrogens is 2. The van der Waals surface area contributed by atoms with E-state index < -0.39 is 0 Å². The number of hydrogen-bond acceptors (Lipinski definition) is 5. The van der Waals surface area contributed by atoms with Crippen molar-refractivity contribution in [3.63, 3.8) is 0 Å². The molecule has 0 spiro atoms. The smallest absolute Gasteiger partial charge is 0.163 e. The first-order chi connectivity index (χ1) is 11.7. The van der Waals surface area contributed by atoms with Crippen LogP contribution >= 0.6 is 0 Å². The van der Waals surface area contributed by atoms with Gasteiger partial charge in [-0.3, -0.25) is 0 Å². The molecule has 2 N–H and O–H groups in total. The Morgan fingerprint density at radius 2 is 1.71 bits per heavy atom. The maximum absolute atomic E-state index is 5.36. The SMILES string of the molecule is CC(C)CNc1cc(NCc2ccco2)nc(-c2ccccc2)n1. The molecule has 1 aromatic carbocycles. The molecule has 0 unspecified atom stereocenters. The lowest BCUT2D eigenvalue weighted by Crippen LogP contribution is -2.11. The molecule has 0 aliphatic rings. The number of benzene rings is 1. The van der Waals surface area contributed by atoms with Crippen molar-refractivity contribution in [1.29, 1.82) is 0 Å². The Hall–Kier alpha value is -2.82. The third-order valence-electron chi connectivity index (χ3n) is 3.47. The van der Waals surface area contributed by atoms with Gasteiger partial charge in [0.05, 0.1) is 12.8 Å². The Morgan fingerprint density at radius 3 is 2.38 bits per heavy atom. The number of anilines is 2. The molecule has 124 valence electrons. The number of rotatable bonds is 7. The van der Waals surface area contributed by atoms with Gasteiger partial charge in [0.2, 0.25) is 0 Å². The second kappa shape index (κ2) is 7.64. The molecule has 3 rings (SSSR count). The van der Waals surface area contributed by atoms with E-state index in [4.69, 9.17) is 4.42 Å². The van der Waals surface area contributed by atoms with Gasteiger partial charge in [-0.05, 0) is 18.1 Å². The summed E-state index contributed by atoms with van der Waals surface area (Å²) in [7, 11) is 0. The lowest BCUT2D eigenvalue weighted by atomic mass is 10.2. The molecule has 0 saturated heterocycles. The Balaban J connectivity index is 1.84. The first-order valence-electron chi connectivity index (χ1n) is 8.15. The average molecular weight is 322 g/mol. The van der Waals surface area contributed by atoms with Crippen LogP contribution in [-0.2, 0) is 6.54 Å². The summed E-state index contributed by atoms with van der Waals surface area (Å²) in [5.74, 6) is 3.70. The third kappa shape index (κ3) is 4.35. The van der Waals surface area contributed by atoms with E-state index in [0.717, 1.165) is 29.5 Å². The highest BCUT2D eigenvalue weighted by Gasteiger charge is 2.08. The second-order valence-electron chi connectivity index (χ2n) is 6.04. The fraction of sp³-hybridized carbons (Fsp3) is 0.263. The summed E-state index contributed by atoms with van der Waals surface area (Å²) in [4.78, 5) is 9.26. The maximum atomic E-state index is 5.36. The van der Waals surface area contributed by atoms with Crippen LogP contribution in [0.1, 0.15) is 19.6 Å². The molecule has 0 saturated carbocycles. The van der Waals surface area contributed by atoms with Crippen LogP contribution in [0.25, 0.3) is 11.4 Å². The molecule has 0 atom stereocenters. The van der Waals surface area contributed by atoms with Crippen molar-refractivity contribution < 1.29 is 4.42 Å². The Kier molecular flexibility index (Phi) is 5.11. The summed E-state index contributed by atoms with van der Waals surface area (Å²) in [5.41, 5.74) is 0.992. The molecule has 5 nitrogen and oxygen atoms in total. The number of nitrogens with one attached hydrogen (secondary N) is 2. The fourth-order valence-corrected chi connectivity index (χ4v) is 2.24. The van der Waals surface area contributed by atoms with Gasteiger partial charge < -0.3 is 15.1 Å². The maximum Gasteiger partial charge on any atom is 0.163 e. The van der Waals surface area contributed by atoms with E-state index in [1.54, 1.807) is 6.26 Å². The molecule has 0 radical (unpaired) electrons. The second-order valence-corrected chi connectivity index (χ2v) is 6.04. The highest BCUT2D eigenvalue weighted by Crippen LogP contribution is 2.20. The van der Waals surface area contributed by atoms with E-state index in [2.05, 4.69) is 34.4 Å². The lowest BCUT2D eigenvalue weighted by Gasteiger charge is -2.12. The summed E-state index contributed by atoms with van der Waals surface area (Å²) in [6.45, 7) is 5.79. The van der Waals surface area contributed by atoms with Crippen LogP contribution < -0.4 is 10.6 Å². The van der Waals surface area contributed by atoms with Crippen LogP contribution in [0.5, 0.6) is 0 Å². The van der Waals surface area contributed by atoms with Gasteiger partial charge in [-0.2, -0.15) is 0 Å². The largest absolute Gasteiger partial charge is 0.467 e. The molecule has 0 aliphatic carbocycles. The molecule has 5 heteroatoms. The van der Waals surface area contributed by atoms with Crippen LogP contribution in [0.2, 0.25) is 0 Å². The van der Waals surface area contributed by atoms with Crippen molar-refractivity contribution in [3.05, 3.63) is 60.6 Å². The summed E-state index contributed by atoms with van der Waals surface area (Å²) in [5, 5.41) is 6.67. The van der Waals surface area contributed by atoms with E-state index in [-0.39, 0.29) is 0 Å². The van der Waals surface area contributed by atoms with Crippen molar-refractivity contribution in [2.45, 2.75) is 20.4 Å². The van der Waals surface area contributed by atoms with E-state index in [9.17, 15) is 0 Å². The van der Waals surface area contributed by atoms with E-state index >= 15 is 0 Å². The molecule has 2 heterocycles. The van der Waals surface area contributed by atoms with Crippen molar-refractivity contribution in [3.8, 4) is 11.4 Å². The molecule has 24 heavy (non-hydrogen) atoms. The van der Waals surface area contributed by atoms with Crippen molar-refractivity contribution in [2.75, 3.05) is 17.2 Å². The van der Waals surface area contributed by atoms with Gasteiger partial charge in [-0.1, -0.05) is 44.2 Å². The topological polar surface area (TPSA) is 63.0 Å². The lowest BCUT2D eigenvalue weighted by molar-refractivity contribution is 0.518. The first kappa shape index (κ1) is 16.1. The highest BCUT2D eigenvalue weighted by atomic mass is 16.3. The Bertz CT molecular complexity index is 754. The summed E-state index contributed by atoms with van der Waals surface area (Å²) in [6.07, 6.45) is 1.67. The third-order valence-corrected chi connectivity index (χ3v) is 3.47. The fourth-order valence-electron chi connectivity index (χ4n) is 2.24. The average Bonchev–Trinajstić information content (AvgIpc) is 3.12. The zero-order valence-corrected chi connectivity index (χ0v) is 14.0. The van der Waals surface area contributed by atoms with Gasteiger partial charge >= 0.3 is 0 Å². The zero-order chi connectivity index (χ0) is 16.8. The van der Waals surface area contributed by atoms with E-state index in [1.807, 2.05) is 48.5 Å². The number of furan rings is 1. The predicted molar refractivity (Wildman–Crippen MR) is 96.8 cm³/mol. The van der Waals surface area contributed by atoms with Crippen molar-refractivity contribution in [1.82, 2.24) is 9.97 Å². The normalized spacial score (nSPS) is 10.8. The quantitative estimate of drug-likeness (QED) is 0.674. The van der Waals surface area contributed by atoms with Crippen LogP contribution in [-0.4, -0.2) is 16.5 Å². The van der Waals surface area contributed by atoms with Crippen LogP contribution in [0, 0.1) is 5.92 Å². The predicted octanol–water partition coefficient (Wildman–Crippen LogP) is 4.42. The Labute approximate surface area is 142 Å². The number of nitrogens with zero attached hydrogens (tertiary/aromatic N) is 2. The molecule has 3 aromatic rings. The van der Waals surface area contributed by atoms with Gasteiger partial charge in [-0.15, -0.1) is 0 Å². The van der Waals surface area contributed by atoms with Gasteiger partial charge in [0, 0.05) is 18.2 Å². The standard InChI is InChI=1S/C19H22N4O/c1-14(2)12-20-17-11-18(21-13-16-9-6-10-24-16)23-19(22-17)15-7-4-3-5-8-15/h3-11,14H,12-13H2,1-2H3,(H2,20,21,22,23). The minimum absolute atomic E-state index is 0.541. The molecule has 0 fully saturated rings. The molecule has 0 bridgehead atoms.